The number of nitrogens with one attached hydrogen (secondary N) is 2. The molecule has 2 atom stereocenters. The quantitative estimate of drug-likeness (QED) is 0.249. The van der Waals surface area contributed by atoms with Crippen molar-refractivity contribution >= 4 is 28.3 Å². The van der Waals surface area contributed by atoms with Crippen molar-refractivity contribution in [3.8, 4) is 0 Å². The van der Waals surface area contributed by atoms with Gasteiger partial charge < -0.3 is 15.0 Å². The Morgan fingerprint density at radius 2 is 2.07 bits per heavy atom. The van der Waals surface area contributed by atoms with Gasteiger partial charge in [0.2, 0.25) is 0 Å². The molecule has 2 bridgehead atoms. The lowest BCUT2D eigenvalue weighted by molar-refractivity contribution is -0.0586. The largest absolute Gasteiger partial charge is 0.443 e. The highest BCUT2D eigenvalue weighted by molar-refractivity contribution is 7.85. The summed E-state index contributed by atoms with van der Waals surface area (Å²) in [5.41, 5.74) is 0.190. The van der Waals surface area contributed by atoms with Crippen LogP contribution in [0.25, 0.3) is 0 Å². The zero-order valence-corrected chi connectivity index (χ0v) is 17.8. The SMILES string of the molecule is CN/C(=N\OS(=O)(=O)NC(=O)OC(C)(C)C)[C@@H]1c2c(cnn2C)C2CN1C(=O)N2O. The number of nitrogens with zero attached hydrogens (tertiary/aromatic N) is 5. The van der Waals surface area contributed by atoms with Crippen LogP contribution in [0, 0.1) is 0 Å². The van der Waals surface area contributed by atoms with E-state index in [1.165, 1.54) is 22.8 Å². The summed E-state index contributed by atoms with van der Waals surface area (Å²) in [7, 11) is -1.56. The topological polar surface area (TPSA) is 168 Å². The number of hydrogen-bond acceptors (Lipinski definition) is 9. The fourth-order valence-corrected chi connectivity index (χ4v) is 3.74. The summed E-state index contributed by atoms with van der Waals surface area (Å²) < 4.78 is 36.6. The van der Waals surface area contributed by atoms with Crippen LogP contribution in [-0.2, 0) is 26.4 Å². The van der Waals surface area contributed by atoms with Crippen LogP contribution in [-0.4, -0.2) is 70.5 Å². The van der Waals surface area contributed by atoms with E-state index in [9.17, 15) is 23.2 Å². The Bertz CT molecular complexity index is 997. The number of hydrogen-bond donors (Lipinski definition) is 3. The van der Waals surface area contributed by atoms with E-state index in [1.54, 1.807) is 32.5 Å². The Labute approximate surface area is 172 Å². The van der Waals surface area contributed by atoms with Crippen LogP contribution in [0.1, 0.15) is 44.1 Å². The molecule has 1 aromatic heterocycles. The van der Waals surface area contributed by atoms with Crippen LogP contribution >= 0.6 is 0 Å². The number of amides is 3. The molecule has 30 heavy (non-hydrogen) atoms. The van der Waals surface area contributed by atoms with Gasteiger partial charge in [-0.05, 0) is 25.9 Å². The molecular formula is C15H23N7O7S. The minimum atomic E-state index is -4.65. The normalized spacial score (nSPS) is 21.4. The minimum absolute atomic E-state index is 0.0588. The van der Waals surface area contributed by atoms with Crippen LogP contribution in [0.3, 0.4) is 0 Å². The smallest absolute Gasteiger partial charge is 0.431 e. The maximum atomic E-state index is 12.4. The van der Waals surface area contributed by atoms with E-state index in [2.05, 4.69) is 19.9 Å². The van der Waals surface area contributed by atoms with Crippen molar-refractivity contribution in [3.63, 3.8) is 0 Å². The number of amidine groups is 1. The van der Waals surface area contributed by atoms with Crippen LogP contribution in [0.2, 0.25) is 0 Å². The van der Waals surface area contributed by atoms with E-state index in [4.69, 9.17) is 4.74 Å². The number of ether oxygens (including phenoxy) is 1. The molecule has 3 rings (SSSR count). The second-order valence-corrected chi connectivity index (χ2v) is 8.93. The first-order chi connectivity index (χ1) is 13.8. The maximum absolute atomic E-state index is 12.4. The lowest BCUT2D eigenvalue weighted by Gasteiger charge is -2.31. The molecular weight excluding hydrogens is 422 g/mol. The van der Waals surface area contributed by atoms with Gasteiger partial charge in [-0.1, -0.05) is 0 Å². The number of likely N-dealkylation sites (N-methyl/N-ethyl adjacent to an activating group) is 1. The van der Waals surface area contributed by atoms with Crippen LogP contribution in [0.4, 0.5) is 9.59 Å². The van der Waals surface area contributed by atoms with Crippen molar-refractivity contribution in [1.29, 1.82) is 0 Å². The van der Waals surface area contributed by atoms with Gasteiger partial charge >= 0.3 is 22.4 Å². The van der Waals surface area contributed by atoms with Gasteiger partial charge in [-0.25, -0.2) is 9.59 Å². The predicted molar refractivity (Wildman–Crippen MR) is 100 cm³/mol. The average Bonchev–Trinajstić information content (AvgIpc) is 3.10. The van der Waals surface area contributed by atoms with E-state index in [0.29, 0.717) is 16.3 Å². The standard InChI is InChI=1S/C15H23N7O7S/c1-15(2,3)28-13(23)19-30(26,27)29-18-12(16-4)11-10-8(6-17-20(10)5)9-7-21(11)14(24)22(9)25/h6,9,11,25H,7H2,1-5H3,(H,16,18)(H,19,23)/t9?,11-/m0/s1. The van der Waals surface area contributed by atoms with Crippen LogP contribution in [0.15, 0.2) is 11.4 Å². The van der Waals surface area contributed by atoms with Gasteiger partial charge in [-0.3, -0.25) is 14.2 Å². The van der Waals surface area contributed by atoms with Crippen molar-refractivity contribution in [2.75, 3.05) is 13.6 Å². The highest BCUT2D eigenvalue weighted by Crippen LogP contribution is 2.42. The predicted octanol–water partition coefficient (Wildman–Crippen LogP) is -0.0383. The molecule has 3 amide bonds. The number of oxime groups is 1. The van der Waals surface area contributed by atoms with Gasteiger partial charge in [0, 0.05) is 19.7 Å². The van der Waals surface area contributed by atoms with Crippen LogP contribution < -0.4 is 10.0 Å². The summed E-state index contributed by atoms with van der Waals surface area (Å²) in [6, 6.07) is -2.19. The monoisotopic (exact) mass is 445 g/mol. The van der Waals surface area contributed by atoms with Crippen molar-refractivity contribution in [3.05, 3.63) is 17.5 Å². The van der Waals surface area contributed by atoms with Crippen molar-refractivity contribution in [1.82, 2.24) is 29.8 Å². The third-order valence-electron chi connectivity index (χ3n) is 4.41. The molecule has 3 N–H and O–H groups in total. The maximum Gasteiger partial charge on any atom is 0.431 e. The molecule has 2 aliphatic heterocycles. The Morgan fingerprint density at radius 1 is 1.40 bits per heavy atom. The van der Waals surface area contributed by atoms with Crippen LogP contribution in [0.5, 0.6) is 0 Å². The van der Waals surface area contributed by atoms with E-state index in [0.717, 1.165) is 0 Å². The second-order valence-electron chi connectivity index (χ2n) is 7.67. The third kappa shape index (κ3) is 3.97. The molecule has 0 saturated carbocycles. The second kappa shape index (κ2) is 7.32. The first kappa shape index (κ1) is 21.6. The van der Waals surface area contributed by atoms with E-state index >= 15 is 0 Å². The highest BCUT2D eigenvalue weighted by atomic mass is 32.2. The van der Waals surface area contributed by atoms with Gasteiger partial charge in [-0.15, -0.1) is 0 Å². The van der Waals surface area contributed by atoms with Gasteiger partial charge in [0.25, 0.3) is 0 Å². The number of fused-ring (bicyclic) bond motifs is 4. The third-order valence-corrected chi connectivity index (χ3v) is 5.09. The Kier molecular flexibility index (Phi) is 5.28. The molecule has 0 aliphatic carbocycles. The molecule has 1 aromatic rings. The number of aromatic nitrogens is 2. The summed E-state index contributed by atoms with van der Waals surface area (Å²) in [4.78, 5) is 25.4. The number of aryl methyl sites for hydroxylation is 1. The average molecular weight is 445 g/mol. The molecule has 1 fully saturated rings. The number of carbonyl (C=O) groups excluding carboxylic acids is 2. The number of urea groups is 1. The lowest BCUT2D eigenvalue weighted by Crippen LogP contribution is -2.44. The zero-order chi connectivity index (χ0) is 22.4. The minimum Gasteiger partial charge on any atom is -0.443 e. The van der Waals surface area contributed by atoms with Crippen molar-refractivity contribution in [2.45, 2.75) is 38.5 Å². The number of rotatable bonds is 4. The fourth-order valence-electron chi connectivity index (χ4n) is 3.27. The number of hydroxylamine groups is 2. The molecule has 3 heterocycles. The molecule has 0 spiro atoms. The Balaban J connectivity index is 1.87. The lowest BCUT2D eigenvalue weighted by atomic mass is 9.97. The first-order valence-corrected chi connectivity index (χ1v) is 10.3. The van der Waals surface area contributed by atoms with Gasteiger partial charge in [0.05, 0.1) is 18.4 Å². The molecule has 14 nitrogen and oxygen atoms in total. The van der Waals surface area contributed by atoms with E-state index in [-0.39, 0.29) is 12.4 Å². The Hall–Kier alpha value is -3.07. The molecule has 0 aromatic carbocycles. The van der Waals surface area contributed by atoms with E-state index in [1.807, 2.05) is 0 Å². The van der Waals surface area contributed by atoms with Crippen molar-refractivity contribution in [2.24, 2.45) is 12.2 Å². The van der Waals surface area contributed by atoms with Gasteiger partial charge in [0.15, 0.2) is 5.84 Å². The molecule has 1 saturated heterocycles. The first-order valence-electron chi connectivity index (χ1n) is 8.85. The molecule has 2 aliphatic rings. The summed E-state index contributed by atoms with van der Waals surface area (Å²) in [5.74, 6) is -0.0588. The van der Waals surface area contributed by atoms with Crippen molar-refractivity contribution < 1.29 is 32.2 Å². The highest BCUT2D eigenvalue weighted by Gasteiger charge is 2.51. The van der Waals surface area contributed by atoms with Gasteiger partial charge in [0.1, 0.15) is 17.7 Å². The molecule has 15 heteroatoms. The summed E-state index contributed by atoms with van der Waals surface area (Å²) in [6.45, 7) is 4.84. The van der Waals surface area contributed by atoms with Gasteiger partial charge in [-0.2, -0.15) is 23.3 Å². The molecule has 0 radical (unpaired) electrons. The van der Waals surface area contributed by atoms with E-state index < -0.39 is 40.1 Å². The number of carbonyl (C=O) groups is 2. The Morgan fingerprint density at radius 3 is 2.67 bits per heavy atom. The summed E-state index contributed by atoms with van der Waals surface area (Å²) >= 11 is 0. The zero-order valence-electron chi connectivity index (χ0n) is 17.0. The molecule has 1 unspecified atom stereocenters. The summed E-state index contributed by atoms with van der Waals surface area (Å²) in [5, 5.41) is 21.1. The molecule has 166 valence electrons. The fraction of sp³-hybridized carbons (Fsp3) is 0.600. The summed E-state index contributed by atoms with van der Waals surface area (Å²) in [6.07, 6.45) is 0.282.